The lowest BCUT2D eigenvalue weighted by atomic mass is 9.88. The van der Waals surface area contributed by atoms with E-state index in [1.54, 1.807) is 36.3 Å². The molecule has 2 aromatic carbocycles. The molecule has 152 valence electrons. The van der Waals surface area contributed by atoms with Gasteiger partial charge in [-0.1, -0.05) is 29.8 Å². The van der Waals surface area contributed by atoms with E-state index < -0.39 is 0 Å². The first-order valence-corrected chi connectivity index (χ1v) is 10.4. The number of nitrogens with zero attached hydrogens (tertiary/aromatic N) is 1. The van der Waals surface area contributed by atoms with Crippen molar-refractivity contribution in [3.05, 3.63) is 64.7 Å². The summed E-state index contributed by atoms with van der Waals surface area (Å²) >= 11 is 6.06. The highest BCUT2D eigenvalue weighted by Gasteiger charge is 2.41. The summed E-state index contributed by atoms with van der Waals surface area (Å²) < 4.78 is 5.25. The summed E-state index contributed by atoms with van der Waals surface area (Å²) in [5, 5.41) is 3.62. The van der Waals surface area contributed by atoms with Gasteiger partial charge in [0.25, 0.3) is 5.91 Å². The first-order chi connectivity index (χ1) is 14.0. The fourth-order valence-corrected chi connectivity index (χ4v) is 4.12. The molecule has 2 atom stereocenters. The smallest absolute Gasteiger partial charge is 0.253 e. The summed E-state index contributed by atoms with van der Waals surface area (Å²) in [5.74, 6) is 0.994. The maximum atomic E-state index is 13.0. The van der Waals surface area contributed by atoms with Crippen LogP contribution < -0.4 is 10.1 Å². The molecule has 6 heteroatoms. The zero-order chi connectivity index (χ0) is 20.4. The van der Waals surface area contributed by atoms with Gasteiger partial charge < -0.3 is 15.0 Å². The van der Waals surface area contributed by atoms with Crippen molar-refractivity contribution in [2.45, 2.75) is 18.8 Å². The molecule has 1 aliphatic carbocycles. The minimum Gasteiger partial charge on any atom is -0.497 e. The molecule has 0 radical (unpaired) electrons. The van der Waals surface area contributed by atoms with Gasteiger partial charge in [-0.2, -0.15) is 0 Å². The number of likely N-dealkylation sites (tertiary alicyclic amines) is 1. The first-order valence-electron chi connectivity index (χ1n) is 10.0. The molecule has 1 N–H and O–H groups in total. The normalized spacial score (nSPS) is 21.1. The molecular weight excluding hydrogens is 388 g/mol. The van der Waals surface area contributed by atoms with Crippen LogP contribution in [0.1, 0.15) is 34.7 Å². The van der Waals surface area contributed by atoms with Gasteiger partial charge in [-0.05, 0) is 54.7 Å². The van der Waals surface area contributed by atoms with Crippen molar-refractivity contribution in [2.75, 3.05) is 26.7 Å². The van der Waals surface area contributed by atoms with Crippen molar-refractivity contribution < 1.29 is 14.3 Å². The Bertz CT molecular complexity index is 895. The Labute approximate surface area is 176 Å². The minimum absolute atomic E-state index is 0.0270. The molecule has 2 fully saturated rings. The molecule has 4 rings (SSSR count). The van der Waals surface area contributed by atoms with Gasteiger partial charge in [-0.25, -0.2) is 0 Å². The van der Waals surface area contributed by atoms with Gasteiger partial charge in [0.1, 0.15) is 5.75 Å². The van der Waals surface area contributed by atoms with Crippen LogP contribution in [-0.2, 0) is 4.79 Å². The molecule has 1 saturated carbocycles. The third-order valence-electron chi connectivity index (χ3n) is 5.82. The fraction of sp³-hybridized carbons (Fsp3) is 0.391. The third kappa shape index (κ3) is 4.56. The van der Waals surface area contributed by atoms with Crippen molar-refractivity contribution >= 4 is 23.4 Å². The Kier molecular flexibility index (Phi) is 5.76. The van der Waals surface area contributed by atoms with E-state index >= 15 is 0 Å². The standard InChI is InChI=1S/C23H25ClN2O3/c1-29-19-9-7-16(8-10-19)20-13-26(23(28)17-3-2-4-18(24)11-17)14-21(20)22(27)25-12-15-5-6-15/h2-4,7-11,15,20-21H,5-6,12-14H2,1H3,(H,25,27). The van der Waals surface area contributed by atoms with Crippen LogP contribution in [0.3, 0.4) is 0 Å². The molecule has 2 unspecified atom stereocenters. The van der Waals surface area contributed by atoms with E-state index in [-0.39, 0.29) is 23.7 Å². The van der Waals surface area contributed by atoms with Crippen LogP contribution in [0.2, 0.25) is 5.02 Å². The lowest BCUT2D eigenvalue weighted by Crippen LogP contribution is -2.36. The average molecular weight is 413 g/mol. The van der Waals surface area contributed by atoms with Gasteiger partial charge in [0.2, 0.25) is 5.91 Å². The predicted molar refractivity (Wildman–Crippen MR) is 112 cm³/mol. The van der Waals surface area contributed by atoms with Crippen LogP contribution in [-0.4, -0.2) is 43.5 Å². The number of nitrogens with one attached hydrogen (secondary N) is 1. The Morgan fingerprint density at radius 3 is 2.55 bits per heavy atom. The molecule has 1 heterocycles. The number of rotatable bonds is 6. The van der Waals surface area contributed by atoms with Crippen molar-refractivity contribution in [2.24, 2.45) is 11.8 Å². The fourth-order valence-electron chi connectivity index (χ4n) is 3.93. The van der Waals surface area contributed by atoms with Gasteiger partial charge in [-0.3, -0.25) is 9.59 Å². The second-order valence-electron chi connectivity index (χ2n) is 7.90. The largest absolute Gasteiger partial charge is 0.497 e. The number of benzene rings is 2. The van der Waals surface area contributed by atoms with E-state index in [0.717, 1.165) is 17.9 Å². The van der Waals surface area contributed by atoms with Gasteiger partial charge in [0, 0.05) is 36.1 Å². The maximum Gasteiger partial charge on any atom is 0.253 e. The van der Waals surface area contributed by atoms with Gasteiger partial charge in [-0.15, -0.1) is 0 Å². The third-order valence-corrected chi connectivity index (χ3v) is 6.06. The van der Waals surface area contributed by atoms with Gasteiger partial charge in [0.05, 0.1) is 13.0 Å². The minimum atomic E-state index is -0.273. The topological polar surface area (TPSA) is 58.6 Å². The summed E-state index contributed by atoms with van der Waals surface area (Å²) in [4.78, 5) is 27.8. The molecular formula is C23H25ClN2O3. The van der Waals surface area contributed by atoms with Crippen LogP contribution in [0.5, 0.6) is 5.75 Å². The highest BCUT2D eigenvalue weighted by molar-refractivity contribution is 6.30. The molecule has 0 aromatic heterocycles. The molecule has 1 saturated heterocycles. The molecule has 2 amide bonds. The van der Waals surface area contributed by atoms with E-state index in [0.29, 0.717) is 29.6 Å². The Balaban J connectivity index is 1.55. The number of hydrogen-bond donors (Lipinski definition) is 1. The zero-order valence-electron chi connectivity index (χ0n) is 16.4. The number of halogens is 1. The summed E-state index contributed by atoms with van der Waals surface area (Å²) in [6.45, 7) is 1.63. The summed E-state index contributed by atoms with van der Waals surface area (Å²) in [6.07, 6.45) is 2.37. The van der Waals surface area contributed by atoms with E-state index in [1.807, 2.05) is 24.3 Å². The molecule has 29 heavy (non-hydrogen) atoms. The van der Waals surface area contributed by atoms with Crippen LogP contribution in [0.15, 0.2) is 48.5 Å². The van der Waals surface area contributed by atoms with Crippen LogP contribution >= 0.6 is 11.6 Å². The van der Waals surface area contributed by atoms with E-state index in [2.05, 4.69) is 5.32 Å². The molecule has 2 aliphatic rings. The van der Waals surface area contributed by atoms with Crippen LogP contribution in [0.25, 0.3) is 0 Å². The Hall–Kier alpha value is -2.53. The lowest BCUT2D eigenvalue weighted by molar-refractivity contribution is -0.125. The van der Waals surface area contributed by atoms with E-state index in [1.165, 1.54) is 12.8 Å². The number of amides is 2. The van der Waals surface area contributed by atoms with Gasteiger partial charge in [0.15, 0.2) is 0 Å². The number of ether oxygens (including phenoxy) is 1. The van der Waals surface area contributed by atoms with Crippen LogP contribution in [0.4, 0.5) is 0 Å². The maximum absolute atomic E-state index is 13.0. The Morgan fingerprint density at radius 1 is 1.14 bits per heavy atom. The first kappa shape index (κ1) is 19.8. The number of carbonyl (C=O) groups excluding carboxylic acids is 2. The number of hydrogen-bond acceptors (Lipinski definition) is 3. The van der Waals surface area contributed by atoms with E-state index in [9.17, 15) is 9.59 Å². The highest BCUT2D eigenvalue weighted by atomic mass is 35.5. The molecule has 5 nitrogen and oxygen atoms in total. The lowest BCUT2D eigenvalue weighted by Gasteiger charge is -2.18. The molecule has 2 aromatic rings. The van der Waals surface area contributed by atoms with E-state index in [4.69, 9.17) is 16.3 Å². The number of methoxy groups -OCH3 is 1. The molecule has 1 aliphatic heterocycles. The van der Waals surface area contributed by atoms with Gasteiger partial charge >= 0.3 is 0 Å². The van der Waals surface area contributed by atoms with Crippen molar-refractivity contribution in [3.63, 3.8) is 0 Å². The van der Waals surface area contributed by atoms with Crippen molar-refractivity contribution in [1.82, 2.24) is 10.2 Å². The summed E-state index contributed by atoms with van der Waals surface area (Å²) in [5.41, 5.74) is 1.59. The second kappa shape index (κ2) is 8.46. The summed E-state index contributed by atoms with van der Waals surface area (Å²) in [6, 6.07) is 14.7. The highest BCUT2D eigenvalue weighted by Crippen LogP contribution is 2.35. The average Bonchev–Trinajstić information content (AvgIpc) is 3.47. The summed E-state index contributed by atoms with van der Waals surface area (Å²) in [7, 11) is 1.63. The molecule has 0 spiro atoms. The number of carbonyl (C=O) groups is 2. The SMILES string of the molecule is COc1ccc(C2CN(C(=O)c3cccc(Cl)c3)CC2C(=O)NCC2CC2)cc1. The monoisotopic (exact) mass is 412 g/mol. The van der Waals surface area contributed by atoms with Crippen molar-refractivity contribution in [3.8, 4) is 5.75 Å². The Morgan fingerprint density at radius 2 is 1.90 bits per heavy atom. The zero-order valence-corrected chi connectivity index (χ0v) is 17.2. The predicted octanol–water partition coefficient (Wildman–Crippen LogP) is 3.73. The quantitative estimate of drug-likeness (QED) is 0.786. The second-order valence-corrected chi connectivity index (χ2v) is 8.33. The van der Waals surface area contributed by atoms with Crippen molar-refractivity contribution in [1.29, 1.82) is 0 Å². The molecule has 0 bridgehead atoms. The van der Waals surface area contributed by atoms with Crippen LogP contribution in [0, 0.1) is 11.8 Å².